The van der Waals surface area contributed by atoms with Crippen LogP contribution in [0.25, 0.3) is 0 Å². The van der Waals surface area contributed by atoms with Crippen molar-refractivity contribution in [3.8, 4) is 0 Å². The average Bonchev–Trinajstić information content (AvgIpc) is 3.17. The molecule has 2 aliphatic heterocycles. The summed E-state index contributed by atoms with van der Waals surface area (Å²) in [6.45, 7) is 2.83. The molecule has 2 aliphatic rings. The molecule has 7 nitrogen and oxygen atoms in total. The number of alkyl halides is 3. The molecule has 10 heteroatoms. The number of anilines is 2. The monoisotopic (exact) mass is 394 g/mol. The van der Waals surface area contributed by atoms with Crippen LogP contribution in [0, 0.1) is 0 Å². The quantitative estimate of drug-likeness (QED) is 0.855. The molecule has 150 valence electrons. The van der Waals surface area contributed by atoms with Gasteiger partial charge in [0.2, 0.25) is 5.95 Å². The predicted molar refractivity (Wildman–Crippen MR) is 96.1 cm³/mol. The lowest BCUT2D eigenvalue weighted by Crippen LogP contribution is -2.28. The second kappa shape index (κ2) is 7.86. The highest BCUT2D eigenvalue weighted by Gasteiger charge is 2.33. The molecule has 0 spiro atoms. The van der Waals surface area contributed by atoms with Gasteiger partial charge in [-0.1, -0.05) is 0 Å². The number of aromatic nitrogens is 4. The number of halogens is 3. The topological polar surface area (TPSA) is 76.1 Å². The van der Waals surface area contributed by atoms with Gasteiger partial charge in [-0.3, -0.25) is 0 Å². The van der Waals surface area contributed by atoms with Crippen molar-refractivity contribution in [3.05, 3.63) is 36.0 Å². The van der Waals surface area contributed by atoms with Gasteiger partial charge in [0.05, 0.1) is 0 Å². The van der Waals surface area contributed by atoms with Gasteiger partial charge in [0.1, 0.15) is 17.8 Å². The molecule has 0 bridgehead atoms. The van der Waals surface area contributed by atoms with Crippen molar-refractivity contribution < 1.29 is 17.9 Å². The molecule has 1 atom stereocenters. The first-order chi connectivity index (χ1) is 13.5. The summed E-state index contributed by atoms with van der Waals surface area (Å²) in [7, 11) is 0. The standard InChI is InChI=1S/C18H21F3N6O/c19-18(20,21)15-9-16(24-11-23-15)25-13-2-6-27(10-13)17-22-5-1-14(26-17)12-3-7-28-8-4-12/h1,5,9,11-13H,2-4,6-8,10H2,(H,23,24,25). The molecule has 28 heavy (non-hydrogen) atoms. The van der Waals surface area contributed by atoms with E-state index in [-0.39, 0.29) is 11.9 Å². The number of ether oxygens (including phenoxy) is 1. The van der Waals surface area contributed by atoms with Crippen LogP contribution in [0.2, 0.25) is 0 Å². The van der Waals surface area contributed by atoms with E-state index in [9.17, 15) is 13.2 Å². The van der Waals surface area contributed by atoms with E-state index < -0.39 is 11.9 Å². The highest BCUT2D eigenvalue weighted by molar-refractivity contribution is 5.40. The highest BCUT2D eigenvalue weighted by atomic mass is 19.4. The molecule has 2 aromatic rings. The third-order valence-electron chi connectivity index (χ3n) is 5.08. The molecule has 0 radical (unpaired) electrons. The van der Waals surface area contributed by atoms with Crippen LogP contribution in [0.3, 0.4) is 0 Å². The smallest absolute Gasteiger partial charge is 0.381 e. The molecule has 0 saturated carbocycles. The summed E-state index contributed by atoms with van der Waals surface area (Å²) in [6, 6.07) is 2.85. The maximum Gasteiger partial charge on any atom is 0.433 e. The lowest BCUT2D eigenvalue weighted by atomic mass is 9.96. The number of nitrogens with one attached hydrogen (secondary N) is 1. The first kappa shape index (κ1) is 18.9. The maximum absolute atomic E-state index is 12.8. The Kier molecular flexibility index (Phi) is 5.29. The van der Waals surface area contributed by atoms with Crippen LogP contribution in [0.15, 0.2) is 24.7 Å². The van der Waals surface area contributed by atoms with E-state index in [4.69, 9.17) is 9.72 Å². The Labute approximate surface area is 160 Å². The number of nitrogens with zero attached hydrogens (tertiary/aromatic N) is 5. The number of rotatable bonds is 4. The van der Waals surface area contributed by atoms with E-state index in [1.807, 2.05) is 11.0 Å². The summed E-state index contributed by atoms with van der Waals surface area (Å²) in [5.41, 5.74) is 0.0719. The molecule has 1 unspecified atom stereocenters. The molecule has 1 N–H and O–H groups in total. The summed E-state index contributed by atoms with van der Waals surface area (Å²) < 4.78 is 43.8. The SMILES string of the molecule is FC(F)(F)c1cc(NC2CCN(c3nccc(C4CCOCC4)n3)C2)ncn1. The van der Waals surface area contributed by atoms with Crippen molar-refractivity contribution in [2.24, 2.45) is 0 Å². The zero-order chi connectivity index (χ0) is 19.6. The van der Waals surface area contributed by atoms with Gasteiger partial charge in [0.25, 0.3) is 0 Å². The van der Waals surface area contributed by atoms with E-state index >= 15 is 0 Å². The van der Waals surface area contributed by atoms with E-state index in [0.29, 0.717) is 18.4 Å². The Bertz CT molecular complexity index is 812. The van der Waals surface area contributed by atoms with Crippen LogP contribution in [0.5, 0.6) is 0 Å². The second-order valence-corrected chi connectivity index (χ2v) is 7.03. The molecule has 2 aromatic heterocycles. The zero-order valence-corrected chi connectivity index (χ0v) is 15.2. The fourth-order valence-electron chi connectivity index (χ4n) is 3.60. The molecular weight excluding hydrogens is 373 g/mol. The first-order valence-corrected chi connectivity index (χ1v) is 9.30. The summed E-state index contributed by atoms with van der Waals surface area (Å²) in [4.78, 5) is 18.3. The Balaban J connectivity index is 1.40. The Morgan fingerprint density at radius 1 is 1.11 bits per heavy atom. The van der Waals surface area contributed by atoms with Crippen molar-refractivity contribution in [3.63, 3.8) is 0 Å². The molecule has 0 aromatic carbocycles. The second-order valence-electron chi connectivity index (χ2n) is 7.03. The van der Waals surface area contributed by atoms with Crippen LogP contribution in [-0.4, -0.2) is 52.3 Å². The van der Waals surface area contributed by atoms with E-state index in [1.165, 1.54) is 0 Å². The Morgan fingerprint density at radius 3 is 2.71 bits per heavy atom. The Hall–Kier alpha value is -2.49. The summed E-state index contributed by atoms with van der Waals surface area (Å²) in [5.74, 6) is 1.21. The molecule has 2 saturated heterocycles. The molecule has 4 heterocycles. The fraction of sp³-hybridized carbons (Fsp3) is 0.556. The first-order valence-electron chi connectivity index (χ1n) is 9.30. The zero-order valence-electron chi connectivity index (χ0n) is 15.2. The van der Waals surface area contributed by atoms with Crippen LogP contribution < -0.4 is 10.2 Å². The minimum Gasteiger partial charge on any atom is -0.381 e. The number of hydrogen-bond donors (Lipinski definition) is 1. The van der Waals surface area contributed by atoms with Crippen molar-refractivity contribution in [1.29, 1.82) is 0 Å². The van der Waals surface area contributed by atoms with Crippen molar-refractivity contribution >= 4 is 11.8 Å². The van der Waals surface area contributed by atoms with Gasteiger partial charge in [-0.2, -0.15) is 13.2 Å². The fourth-order valence-corrected chi connectivity index (χ4v) is 3.60. The minimum absolute atomic E-state index is 0.0358. The molecule has 4 rings (SSSR count). The Morgan fingerprint density at radius 2 is 1.93 bits per heavy atom. The van der Waals surface area contributed by atoms with Gasteiger partial charge < -0.3 is 15.0 Å². The van der Waals surface area contributed by atoms with Gasteiger partial charge in [-0.15, -0.1) is 0 Å². The van der Waals surface area contributed by atoms with E-state index in [2.05, 4.69) is 20.3 Å². The van der Waals surface area contributed by atoms with Crippen LogP contribution in [-0.2, 0) is 10.9 Å². The summed E-state index contributed by atoms with van der Waals surface area (Å²) in [6.07, 6.45) is 0.883. The summed E-state index contributed by atoms with van der Waals surface area (Å²) >= 11 is 0. The third kappa shape index (κ3) is 4.32. The van der Waals surface area contributed by atoms with Gasteiger partial charge in [-0.25, -0.2) is 19.9 Å². The highest BCUT2D eigenvalue weighted by Crippen LogP contribution is 2.29. The molecule has 0 amide bonds. The van der Waals surface area contributed by atoms with Gasteiger partial charge in [0.15, 0.2) is 0 Å². The lowest BCUT2D eigenvalue weighted by Gasteiger charge is -2.23. The van der Waals surface area contributed by atoms with Crippen LogP contribution in [0.1, 0.15) is 36.6 Å². The van der Waals surface area contributed by atoms with E-state index in [0.717, 1.165) is 57.1 Å². The predicted octanol–water partition coefficient (Wildman–Crippen LogP) is 2.87. The number of hydrogen-bond acceptors (Lipinski definition) is 7. The maximum atomic E-state index is 12.8. The van der Waals surface area contributed by atoms with Crippen LogP contribution in [0.4, 0.5) is 24.9 Å². The lowest BCUT2D eigenvalue weighted by molar-refractivity contribution is -0.141. The van der Waals surface area contributed by atoms with Crippen molar-refractivity contribution in [2.75, 3.05) is 36.5 Å². The van der Waals surface area contributed by atoms with Crippen LogP contribution >= 0.6 is 0 Å². The van der Waals surface area contributed by atoms with Crippen molar-refractivity contribution in [1.82, 2.24) is 19.9 Å². The normalized spacial score (nSPS) is 21.1. The average molecular weight is 394 g/mol. The van der Waals surface area contributed by atoms with E-state index in [1.54, 1.807) is 6.20 Å². The molecular formula is C18H21F3N6O. The largest absolute Gasteiger partial charge is 0.433 e. The van der Waals surface area contributed by atoms with Gasteiger partial charge in [-0.05, 0) is 25.3 Å². The molecule has 0 aliphatic carbocycles. The summed E-state index contributed by atoms with van der Waals surface area (Å²) in [5, 5.41) is 3.07. The third-order valence-corrected chi connectivity index (χ3v) is 5.08. The van der Waals surface area contributed by atoms with Gasteiger partial charge >= 0.3 is 6.18 Å². The van der Waals surface area contributed by atoms with Gasteiger partial charge in [0, 0.05) is 56.2 Å². The molecule has 2 fully saturated rings. The van der Waals surface area contributed by atoms with Crippen molar-refractivity contribution in [2.45, 2.75) is 37.4 Å². The minimum atomic E-state index is -4.49.